The fraction of sp³-hybridized carbons (Fsp3) is 0.0833. The summed E-state index contributed by atoms with van der Waals surface area (Å²) in [6.45, 7) is 1.80. The van der Waals surface area contributed by atoms with Crippen LogP contribution in [0.25, 0.3) is 10.9 Å². The molecular weight excluding hydrogens is 378 g/mol. The van der Waals surface area contributed by atoms with Crippen LogP contribution in [-0.2, 0) is 0 Å². The Morgan fingerprint density at radius 3 is 2.60 bits per heavy atom. The molecule has 2 heterocycles. The van der Waals surface area contributed by atoms with Crippen molar-refractivity contribution < 1.29 is 14.7 Å². The molecule has 148 valence electrons. The summed E-state index contributed by atoms with van der Waals surface area (Å²) in [5, 5.41) is 11.5. The van der Waals surface area contributed by atoms with E-state index in [0.717, 1.165) is 0 Å². The average Bonchev–Trinajstić information content (AvgIpc) is 3.25. The first-order valence-electron chi connectivity index (χ1n) is 9.43. The van der Waals surface area contributed by atoms with Gasteiger partial charge in [0, 0.05) is 29.8 Å². The van der Waals surface area contributed by atoms with Crippen LogP contribution in [-0.4, -0.2) is 40.3 Å². The smallest absolute Gasteiger partial charge is 0.263 e. The van der Waals surface area contributed by atoms with E-state index in [1.807, 2.05) is 0 Å². The lowest BCUT2D eigenvalue weighted by Gasteiger charge is -2.10. The number of carbonyl (C=O) groups excluding carboxylic acids is 2. The van der Waals surface area contributed by atoms with E-state index >= 15 is 0 Å². The highest BCUT2D eigenvalue weighted by Crippen LogP contribution is 2.37. The van der Waals surface area contributed by atoms with E-state index in [-0.39, 0.29) is 22.9 Å². The van der Waals surface area contributed by atoms with Crippen LogP contribution in [0.3, 0.4) is 0 Å². The van der Waals surface area contributed by atoms with Crippen molar-refractivity contribution in [2.45, 2.75) is 6.92 Å². The lowest BCUT2D eigenvalue weighted by atomic mass is 10.1. The Balaban J connectivity index is 2.00. The third-order valence-electron chi connectivity index (χ3n) is 4.87. The number of ketones is 1. The maximum atomic E-state index is 13.5. The first-order chi connectivity index (χ1) is 14.6. The molecule has 0 bridgehead atoms. The number of aromatic hydroxyl groups is 1. The van der Waals surface area contributed by atoms with Gasteiger partial charge in [-0.05, 0) is 37.3 Å². The Labute approximate surface area is 173 Å². The van der Waals surface area contributed by atoms with E-state index in [9.17, 15) is 14.7 Å². The van der Waals surface area contributed by atoms with Crippen LogP contribution >= 0.6 is 0 Å². The van der Waals surface area contributed by atoms with Gasteiger partial charge in [0.05, 0.1) is 11.2 Å². The van der Waals surface area contributed by atoms with Crippen molar-refractivity contribution in [3.63, 3.8) is 0 Å². The van der Waals surface area contributed by atoms with Gasteiger partial charge in [-0.15, -0.1) is 0 Å². The fourth-order valence-electron chi connectivity index (χ4n) is 3.54. The molecule has 0 unspecified atom stereocenters. The number of aliphatic imine (C=N–C) groups is 2. The van der Waals surface area contributed by atoms with E-state index in [1.165, 1.54) is 10.8 Å². The molecule has 0 spiro atoms. The highest BCUT2D eigenvalue weighted by atomic mass is 16.3. The van der Waals surface area contributed by atoms with Crippen LogP contribution in [0.4, 0.5) is 5.69 Å². The Bertz CT molecular complexity index is 1310. The Morgan fingerprint density at radius 2 is 1.87 bits per heavy atom. The van der Waals surface area contributed by atoms with Gasteiger partial charge in [0.2, 0.25) is 5.78 Å². The number of hydrogen-bond donors (Lipinski definition) is 1. The van der Waals surface area contributed by atoms with Crippen molar-refractivity contribution in [1.29, 1.82) is 0 Å². The van der Waals surface area contributed by atoms with E-state index in [0.29, 0.717) is 27.7 Å². The topological polar surface area (TPSA) is 84.0 Å². The van der Waals surface area contributed by atoms with Gasteiger partial charge < -0.3 is 5.11 Å². The monoisotopic (exact) mass is 397 g/mol. The van der Waals surface area contributed by atoms with Crippen molar-refractivity contribution in [3.8, 4) is 5.75 Å². The molecule has 0 fully saturated rings. The van der Waals surface area contributed by atoms with Gasteiger partial charge in [0.25, 0.3) is 5.91 Å². The molecule has 0 amide bonds. The van der Waals surface area contributed by atoms with Crippen LogP contribution in [0, 0.1) is 0 Å². The molecule has 6 nitrogen and oxygen atoms in total. The Kier molecular flexibility index (Phi) is 4.98. The van der Waals surface area contributed by atoms with E-state index < -0.39 is 5.91 Å². The molecule has 3 aromatic rings. The van der Waals surface area contributed by atoms with Gasteiger partial charge in [0.15, 0.2) is 5.75 Å². The highest BCUT2D eigenvalue weighted by molar-refractivity contribution is 6.55. The Hall–Kier alpha value is -4.06. The summed E-state index contributed by atoms with van der Waals surface area (Å²) in [6.07, 6.45) is 6.51. The van der Waals surface area contributed by atoms with E-state index in [2.05, 4.69) is 9.98 Å². The van der Waals surface area contributed by atoms with Crippen LogP contribution in [0.1, 0.15) is 27.8 Å². The van der Waals surface area contributed by atoms with Gasteiger partial charge in [-0.25, -0.2) is 4.99 Å². The van der Waals surface area contributed by atoms with Crippen LogP contribution < -0.4 is 0 Å². The largest absolute Gasteiger partial charge is 0.505 e. The third-order valence-corrected chi connectivity index (χ3v) is 4.87. The van der Waals surface area contributed by atoms with Crippen LogP contribution in [0.2, 0.25) is 0 Å². The second-order valence-corrected chi connectivity index (χ2v) is 6.69. The summed E-state index contributed by atoms with van der Waals surface area (Å²) in [5.74, 6) is -0.877. The zero-order valence-corrected chi connectivity index (χ0v) is 16.5. The van der Waals surface area contributed by atoms with Gasteiger partial charge in [0.1, 0.15) is 11.4 Å². The number of Topliss-reactive ketones (excluding diaryl/α,β-unsaturated/α-hetero) is 1. The van der Waals surface area contributed by atoms with E-state index in [1.54, 1.807) is 80.7 Å². The molecule has 1 aromatic heterocycles. The summed E-state index contributed by atoms with van der Waals surface area (Å²) in [6, 6.07) is 13.9. The quantitative estimate of drug-likeness (QED) is 0.399. The molecule has 0 saturated carbocycles. The number of rotatable bonds is 4. The van der Waals surface area contributed by atoms with Crippen molar-refractivity contribution in [2.24, 2.45) is 9.98 Å². The predicted molar refractivity (Wildman–Crippen MR) is 119 cm³/mol. The SMILES string of the molecule is C/C=C\C(=C/C=NC)C(=O)n1c(C2=Nc3ccccc3C2=O)c(O)c2ccccc21. The number of nitrogens with zero attached hydrogens (tertiary/aromatic N) is 3. The number of aromatic nitrogens is 1. The zero-order valence-electron chi connectivity index (χ0n) is 16.5. The second-order valence-electron chi connectivity index (χ2n) is 6.69. The highest BCUT2D eigenvalue weighted by Gasteiger charge is 2.33. The minimum Gasteiger partial charge on any atom is -0.505 e. The van der Waals surface area contributed by atoms with Crippen LogP contribution in [0.15, 0.2) is 82.3 Å². The summed E-state index contributed by atoms with van der Waals surface area (Å²) in [5.41, 5.74) is 1.94. The number of para-hydroxylation sites is 2. The predicted octanol–water partition coefficient (Wildman–Crippen LogP) is 4.51. The maximum Gasteiger partial charge on any atom is 0.263 e. The molecule has 0 aliphatic carbocycles. The Morgan fingerprint density at radius 1 is 1.13 bits per heavy atom. The van der Waals surface area contributed by atoms with Gasteiger partial charge in [-0.2, -0.15) is 0 Å². The summed E-state index contributed by atoms with van der Waals surface area (Å²) < 4.78 is 1.35. The molecule has 1 aliphatic rings. The molecular formula is C24H19N3O3. The number of allylic oxidation sites excluding steroid dienone is 4. The minimum atomic E-state index is -0.397. The normalized spacial score (nSPS) is 14.1. The van der Waals surface area contributed by atoms with Crippen molar-refractivity contribution in [3.05, 3.63) is 83.6 Å². The summed E-state index contributed by atoms with van der Waals surface area (Å²) >= 11 is 0. The molecule has 1 aliphatic heterocycles. The number of carbonyl (C=O) groups is 2. The first-order valence-corrected chi connectivity index (χ1v) is 9.43. The molecule has 0 atom stereocenters. The lowest BCUT2D eigenvalue weighted by molar-refractivity contribution is 0.0963. The van der Waals surface area contributed by atoms with Crippen molar-refractivity contribution in [1.82, 2.24) is 4.57 Å². The third kappa shape index (κ3) is 2.99. The number of hydrogen-bond acceptors (Lipinski definition) is 5. The second kappa shape index (κ2) is 7.75. The molecule has 4 rings (SSSR count). The average molecular weight is 397 g/mol. The molecule has 0 saturated heterocycles. The lowest BCUT2D eigenvalue weighted by Crippen LogP contribution is -2.22. The van der Waals surface area contributed by atoms with Gasteiger partial charge >= 0.3 is 0 Å². The first kappa shape index (κ1) is 19.3. The van der Waals surface area contributed by atoms with Crippen LogP contribution in [0.5, 0.6) is 5.75 Å². The van der Waals surface area contributed by atoms with Gasteiger partial charge in [-0.3, -0.25) is 19.1 Å². The van der Waals surface area contributed by atoms with Crippen molar-refractivity contribution in [2.75, 3.05) is 7.05 Å². The summed E-state index contributed by atoms with van der Waals surface area (Å²) in [7, 11) is 1.61. The molecule has 1 N–H and O–H groups in total. The summed E-state index contributed by atoms with van der Waals surface area (Å²) in [4.78, 5) is 34.9. The number of fused-ring (bicyclic) bond motifs is 2. The molecule has 2 aromatic carbocycles. The van der Waals surface area contributed by atoms with Crippen molar-refractivity contribution >= 4 is 40.2 Å². The molecule has 6 heteroatoms. The minimum absolute atomic E-state index is 0.0437. The standard InChI is InChI=1S/C24H19N3O3/c1-3-8-15(13-14-25-2)24(30)27-19-12-7-5-10-17(19)23(29)21(27)20-22(28)16-9-4-6-11-18(16)26-20/h3-14,29H,1-2H3/b8-3-,15-13+,25-14?. The number of benzene rings is 2. The maximum absolute atomic E-state index is 13.5. The zero-order chi connectivity index (χ0) is 21.3. The fourth-order valence-corrected chi connectivity index (χ4v) is 3.54. The molecule has 30 heavy (non-hydrogen) atoms. The van der Waals surface area contributed by atoms with E-state index in [4.69, 9.17) is 0 Å². The van der Waals surface area contributed by atoms with Gasteiger partial charge in [-0.1, -0.05) is 36.4 Å². The molecule has 0 radical (unpaired) electrons.